The van der Waals surface area contributed by atoms with Crippen molar-refractivity contribution in [3.05, 3.63) is 22.6 Å². The first-order valence-electron chi connectivity index (χ1n) is 5.21. The molecule has 0 aromatic carbocycles. The van der Waals surface area contributed by atoms with Gasteiger partial charge < -0.3 is 9.32 Å². The summed E-state index contributed by atoms with van der Waals surface area (Å²) in [4.78, 5) is 13.8. The van der Waals surface area contributed by atoms with Crippen LogP contribution in [0.1, 0.15) is 30.3 Å². The number of piperidine rings is 1. The quantitative estimate of drug-likeness (QED) is 0.787. The number of likely N-dealkylation sites (tertiary alicyclic amines) is 1. The lowest BCUT2D eigenvalue weighted by atomic mass is 10.0. The minimum absolute atomic E-state index is 0.00671. The van der Waals surface area contributed by atoms with E-state index in [-0.39, 0.29) is 5.91 Å². The molecule has 1 amide bonds. The molecule has 3 nitrogen and oxygen atoms in total. The number of carbonyl (C=O) groups excluding carboxylic acids is 1. The minimum atomic E-state index is 0.00671. The lowest BCUT2D eigenvalue weighted by Crippen LogP contribution is -2.38. The second-order valence-electron chi connectivity index (χ2n) is 4.10. The van der Waals surface area contributed by atoms with Crippen molar-refractivity contribution in [2.24, 2.45) is 5.92 Å². The maximum absolute atomic E-state index is 12.0. The highest BCUT2D eigenvalue weighted by Crippen LogP contribution is 2.20. The van der Waals surface area contributed by atoms with Gasteiger partial charge in [0, 0.05) is 13.1 Å². The smallest absolute Gasteiger partial charge is 0.289 e. The van der Waals surface area contributed by atoms with Gasteiger partial charge in [-0.2, -0.15) is 0 Å². The van der Waals surface area contributed by atoms with Gasteiger partial charge in [0.15, 0.2) is 10.4 Å². The monoisotopic (exact) mass is 271 g/mol. The van der Waals surface area contributed by atoms with Crippen molar-refractivity contribution >= 4 is 21.8 Å². The Hall–Kier alpha value is -0.770. The molecular formula is C11H14BrNO2. The van der Waals surface area contributed by atoms with Gasteiger partial charge in [-0.25, -0.2) is 0 Å². The predicted octanol–water partition coefficient (Wildman–Crippen LogP) is 2.91. The molecule has 1 aromatic rings. The van der Waals surface area contributed by atoms with Crippen molar-refractivity contribution in [1.29, 1.82) is 0 Å². The molecule has 1 aliphatic rings. The van der Waals surface area contributed by atoms with Crippen molar-refractivity contribution < 1.29 is 9.21 Å². The van der Waals surface area contributed by atoms with Gasteiger partial charge in [0.1, 0.15) is 0 Å². The van der Waals surface area contributed by atoms with Gasteiger partial charge in [-0.05, 0) is 46.8 Å². The molecule has 1 aromatic heterocycles. The first-order chi connectivity index (χ1) is 7.16. The van der Waals surface area contributed by atoms with Crippen molar-refractivity contribution in [2.75, 3.05) is 13.1 Å². The SMILES string of the molecule is C[C@@H]1CCCN(C(=O)c2ccc(Br)o2)C1. The molecule has 15 heavy (non-hydrogen) atoms. The van der Waals surface area contributed by atoms with Crippen LogP contribution in [-0.4, -0.2) is 23.9 Å². The zero-order valence-electron chi connectivity index (χ0n) is 8.70. The van der Waals surface area contributed by atoms with Gasteiger partial charge >= 0.3 is 0 Å². The lowest BCUT2D eigenvalue weighted by molar-refractivity contribution is 0.0649. The molecule has 2 heterocycles. The summed E-state index contributed by atoms with van der Waals surface area (Å²) in [5, 5.41) is 0. The standard InChI is InChI=1S/C11H14BrNO2/c1-8-3-2-6-13(7-8)11(14)9-4-5-10(12)15-9/h4-5,8H,2-3,6-7H2,1H3/t8-/m1/s1. The highest BCUT2D eigenvalue weighted by atomic mass is 79.9. The molecule has 0 unspecified atom stereocenters. The van der Waals surface area contributed by atoms with E-state index in [1.165, 1.54) is 6.42 Å². The average Bonchev–Trinajstić information content (AvgIpc) is 2.64. The third-order valence-corrected chi connectivity index (χ3v) is 3.15. The molecule has 1 fully saturated rings. The Morgan fingerprint density at radius 1 is 1.60 bits per heavy atom. The Bertz CT molecular complexity index is 361. The first kappa shape index (κ1) is 10.7. The number of nitrogens with zero attached hydrogens (tertiary/aromatic N) is 1. The predicted molar refractivity (Wildman–Crippen MR) is 60.7 cm³/mol. The highest BCUT2D eigenvalue weighted by Gasteiger charge is 2.23. The number of amides is 1. The number of furan rings is 1. The Morgan fingerprint density at radius 2 is 2.40 bits per heavy atom. The summed E-state index contributed by atoms with van der Waals surface area (Å²) in [5.74, 6) is 1.03. The molecule has 82 valence electrons. The summed E-state index contributed by atoms with van der Waals surface area (Å²) in [6, 6.07) is 3.46. The fourth-order valence-corrected chi connectivity index (χ4v) is 2.27. The Kier molecular flexibility index (Phi) is 3.14. The van der Waals surface area contributed by atoms with Crippen LogP contribution >= 0.6 is 15.9 Å². The normalized spacial score (nSPS) is 21.7. The van der Waals surface area contributed by atoms with Crippen LogP contribution in [0.3, 0.4) is 0 Å². The molecule has 0 aliphatic carbocycles. The molecule has 0 spiro atoms. The fourth-order valence-electron chi connectivity index (χ4n) is 1.96. The van der Waals surface area contributed by atoms with E-state index in [0.29, 0.717) is 16.3 Å². The molecule has 2 rings (SSSR count). The maximum atomic E-state index is 12.0. The van der Waals surface area contributed by atoms with E-state index in [9.17, 15) is 4.79 Å². The second kappa shape index (κ2) is 4.39. The van der Waals surface area contributed by atoms with Crippen LogP contribution in [0.15, 0.2) is 21.2 Å². The fraction of sp³-hybridized carbons (Fsp3) is 0.545. The summed E-state index contributed by atoms with van der Waals surface area (Å²) in [7, 11) is 0. The van der Waals surface area contributed by atoms with E-state index >= 15 is 0 Å². The Labute approximate surface area is 97.6 Å². The largest absolute Gasteiger partial charge is 0.444 e. The van der Waals surface area contributed by atoms with Crippen molar-refractivity contribution in [3.8, 4) is 0 Å². The molecule has 0 saturated carbocycles. The summed E-state index contributed by atoms with van der Waals surface area (Å²) >= 11 is 3.20. The summed E-state index contributed by atoms with van der Waals surface area (Å²) in [5.41, 5.74) is 0. The first-order valence-corrected chi connectivity index (χ1v) is 6.00. The number of hydrogen-bond acceptors (Lipinski definition) is 2. The molecule has 1 saturated heterocycles. The van der Waals surface area contributed by atoms with Crippen molar-refractivity contribution in [1.82, 2.24) is 4.90 Å². The number of rotatable bonds is 1. The van der Waals surface area contributed by atoms with E-state index in [1.807, 2.05) is 4.90 Å². The Balaban J connectivity index is 2.07. The second-order valence-corrected chi connectivity index (χ2v) is 4.88. The summed E-state index contributed by atoms with van der Waals surface area (Å²) in [6.45, 7) is 3.87. The molecular weight excluding hydrogens is 258 g/mol. The van der Waals surface area contributed by atoms with Gasteiger partial charge in [0.05, 0.1) is 0 Å². The molecule has 0 N–H and O–H groups in total. The van der Waals surface area contributed by atoms with Crippen LogP contribution in [0.4, 0.5) is 0 Å². The Morgan fingerprint density at radius 3 is 3.00 bits per heavy atom. The topological polar surface area (TPSA) is 33.5 Å². The number of hydrogen-bond donors (Lipinski definition) is 0. The minimum Gasteiger partial charge on any atom is -0.444 e. The number of carbonyl (C=O) groups is 1. The van der Waals surface area contributed by atoms with Crippen LogP contribution in [-0.2, 0) is 0 Å². The summed E-state index contributed by atoms with van der Waals surface area (Å²) in [6.07, 6.45) is 2.31. The van der Waals surface area contributed by atoms with E-state index in [4.69, 9.17) is 4.42 Å². The third-order valence-electron chi connectivity index (χ3n) is 2.73. The van der Waals surface area contributed by atoms with Crippen LogP contribution in [0.25, 0.3) is 0 Å². The molecule has 4 heteroatoms. The average molecular weight is 272 g/mol. The van der Waals surface area contributed by atoms with Crippen LogP contribution in [0.5, 0.6) is 0 Å². The molecule has 0 radical (unpaired) electrons. The van der Waals surface area contributed by atoms with Gasteiger partial charge in [-0.3, -0.25) is 4.79 Å². The zero-order chi connectivity index (χ0) is 10.8. The zero-order valence-corrected chi connectivity index (χ0v) is 10.3. The van der Waals surface area contributed by atoms with Gasteiger partial charge in [-0.15, -0.1) is 0 Å². The summed E-state index contributed by atoms with van der Waals surface area (Å²) < 4.78 is 5.87. The van der Waals surface area contributed by atoms with Crippen LogP contribution in [0, 0.1) is 5.92 Å². The van der Waals surface area contributed by atoms with Crippen molar-refractivity contribution in [2.45, 2.75) is 19.8 Å². The molecule has 0 bridgehead atoms. The van der Waals surface area contributed by atoms with Crippen molar-refractivity contribution in [3.63, 3.8) is 0 Å². The van der Waals surface area contributed by atoms with Gasteiger partial charge in [0.2, 0.25) is 0 Å². The molecule has 1 atom stereocenters. The number of halogens is 1. The molecule has 1 aliphatic heterocycles. The van der Waals surface area contributed by atoms with E-state index in [2.05, 4.69) is 22.9 Å². The van der Waals surface area contributed by atoms with Crippen LogP contribution < -0.4 is 0 Å². The van der Waals surface area contributed by atoms with Gasteiger partial charge in [-0.1, -0.05) is 6.92 Å². The van der Waals surface area contributed by atoms with Gasteiger partial charge in [0.25, 0.3) is 5.91 Å². The third kappa shape index (κ3) is 2.43. The van der Waals surface area contributed by atoms with E-state index in [1.54, 1.807) is 12.1 Å². The lowest BCUT2D eigenvalue weighted by Gasteiger charge is -2.30. The van der Waals surface area contributed by atoms with E-state index < -0.39 is 0 Å². The highest BCUT2D eigenvalue weighted by molar-refractivity contribution is 9.10. The van der Waals surface area contributed by atoms with Crippen LogP contribution in [0.2, 0.25) is 0 Å². The maximum Gasteiger partial charge on any atom is 0.289 e. The van der Waals surface area contributed by atoms with E-state index in [0.717, 1.165) is 19.5 Å².